The molecule has 0 aromatic carbocycles. The smallest absolute Gasteiger partial charge is 0.410 e. The van der Waals surface area contributed by atoms with Crippen molar-refractivity contribution in [2.24, 2.45) is 4.99 Å². The fraction of sp³-hybridized carbons (Fsp3) is 0.469. The van der Waals surface area contributed by atoms with Crippen LogP contribution in [0.5, 0.6) is 5.75 Å². The van der Waals surface area contributed by atoms with Crippen molar-refractivity contribution in [2.75, 3.05) is 44.6 Å². The molecule has 1 fully saturated rings. The first-order chi connectivity index (χ1) is 21.6. The highest BCUT2D eigenvalue weighted by Gasteiger charge is 2.29. The van der Waals surface area contributed by atoms with Crippen LogP contribution in [0.3, 0.4) is 0 Å². The molecule has 2 aromatic heterocycles. The minimum Gasteiger partial charge on any atom is -0.506 e. The summed E-state index contributed by atoms with van der Waals surface area (Å²) in [6, 6.07) is 0.701. The number of anilines is 1. The number of amides is 2. The second-order valence-electron chi connectivity index (χ2n) is 11.8. The molecule has 14 heteroatoms. The molecule has 1 saturated heterocycles. The number of alkyl halides is 2. The predicted molar refractivity (Wildman–Crippen MR) is 175 cm³/mol. The second kappa shape index (κ2) is 15.9. The van der Waals surface area contributed by atoms with Gasteiger partial charge in [0, 0.05) is 51.4 Å². The number of hydrogen-bond acceptors (Lipinski definition) is 10. The zero-order valence-corrected chi connectivity index (χ0v) is 27.8. The standard InChI is InChI=1S/C32H41F2N7O4S/c1-8-35-23(16-21(2)10-9-11-40-12-14-41(15-13-40)30(44)45-31(4,5)6)18-36-22(3)29-38-20-26(46-29)28(43)39-27-17-24(32(7,33)34)25(42)19-37-27/h8,16-17,19-20,22,36,42H,1,11-15,18H2,2-7H3,(H,37,39,43)/b21-16+,35-23+. The molecule has 11 nitrogen and oxygen atoms in total. The van der Waals surface area contributed by atoms with Crippen molar-refractivity contribution >= 4 is 34.9 Å². The zero-order valence-electron chi connectivity index (χ0n) is 27.0. The Morgan fingerprint density at radius 1 is 1.22 bits per heavy atom. The van der Waals surface area contributed by atoms with E-state index in [1.54, 1.807) is 4.90 Å². The van der Waals surface area contributed by atoms with Gasteiger partial charge in [0.05, 0.1) is 36.3 Å². The predicted octanol–water partition coefficient (Wildman–Crippen LogP) is 5.35. The summed E-state index contributed by atoms with van der Waals surface area (Å²) in [6.07, 6.45) is 5.30. The summed E-state index contributed by atoms with van der Waals surface area (Å²) < 4.78 is 32.9. The molecule has 1 aliphatic heterocycles. The Labute approximate surface area is 272 Å². The number of ether oxygens (including phenoxy) is 1. The molecule has 1 atom stereocenters. The number of nitrogens with zero attached hydrogens (tertiary/aromatic N) is 5. The lowest BCUT2D eigenvalue weighted by Gasteiger charge is -2.34. The maximum absolute atomic E-state index is 13.7. The van der Waals surface area contributed by atoms with Gasteiger partial charge in [-0.2, -0.15) is 0 Å². The molecule has 2 amide bonds. The fourth-order valence-electron chi connectivity index (χ4n) is 4.23. The Kier molecular flexibility index (Phi) is 12.5. The van der Waals surface area contributed by atoms with Crippen LogP contribution in [0.2, 0.25) is 0 Å². The van der Waals surface area contributed by atoms with E-state index in [-0.39, 0.29) is 22.8 Å². The molecule has 3 N–H and O–H groups in total. The van der Waals surface area contributed by atoms with Crippen LogP contribution in [0.25, 0.3) is 0 Å². The number of aromatic nitrogens is 2. The molecule has 0 aliphatic carbocycles. The van der Waals surface area contributed by atoms with Crippen molar-refractivity contribution in [2.45, 2.75) is 59.1 Å². The molecule has 3 heterocycles. The van der Waals surface area contributed by atoms with Gasteiger partial charge in [-0.25, -0.2) is 23.5 Å². The summed E-state index contributed by atoms with van der Waals surface area (Å²) in [7, 11) is 0. The SMILES string of the molecule is C=C/N=C(\C=C(/C)C#CCN1CCN(C(=O)OC(C)(C)C)CC1)CNC(C)c1ncc(C(=O)Nc2cc(C(C)(F)F)c(O)cn2)s1. The second-order valence-corrected chi connectivity index (χ2v) is 12.8. The first-order valence-corrected chi connectivity index (χ1v) is 15.5. The van der Waals surface area contributed by atoms with Crippen molar-refractivity contribution in [1.82, 2.24) is 25.1 Å². The Morgan fingerprint density at radius 2 is 1.91 bits per heavy atom. The van der Waals surface area contributed by atoms with Crippen LogP contribution >= 0.6 is 11.3 Å². The highest BCUT2D eigenvalue weighted by atomic mass is 32.1. The molecule has 2 aromatic rings. The molecule has 46 heavy (non-hydrogen) atoms. The van der Waals surface area contributed by atoms with Gasteiger partial charge in [-0.15, -0.1) is 11.3 Å². The van der Waals surface area contributed by atoms with E-state index in [0.717, 1.165) is 29.2 Å². The van der Waals surface area contributed by atoms with Crippen molar-refractivity contribution in [3.05, 3.63) is 58.3 Å². The minimum absolute atomic E-state index is 0.114. The molecule has 0 bridgehead atoms. The van der Waals surface area contributed by atoms with E-state index in [2.05, 4.69) is 48.9 Å². The van der Waals surface area contributed by atoms with Crippen molar-refractivity contribution < 1.29 is 28.2 Å². The molecule has 248 valence electrons. The number of carbonyl (C=O) groups excluding carboxylic acids is 2. The minimum atomic E-state index is -3.30. The fourth-order valence-corrected chi connectivity index (χ4v) is 5.07. The van der Waals surface area contributed by atoms with Crippen LogP contribution in [0.15, 0.2) is 47.9 Å². The normalized spacial score (nSPS) is 15.5. The van der Waals surface area contributed by atoms with E-state index in [9.17, 15) is 23.5 Å². The summed E-state index contributed by atoms with van der Waals surface area (Å²) in [5.74, 6) is 1.71. The van der Waals surface area contributed by atoms with Crippen LogP contribution in [-0.2, 0) is 10.7 Å². The molecule has 0 radical (unpaired) electrons. The van der Waals surface area contributed by atoms with Gasteiger partial charge in [0.1, 0.15) is 27.1 Å². The lowest BCUT2D eigenvalue weighted by atomic mass is 10.1. The van der Waals surface area contributed by atoms with E-state index < -0.39 is 28.7 Å². The van der Waals surface area contributed by atoms with E-state index in [1.165, 1.54) is 12.4 Å². The third kappa shape index (κ3) is 11.3. The van der Waals surface area contributed by atoms with Gasteiger partial charge < -0.3 is 25.4 Å². The van der Waals surface area contributed by atoms with Gasteiger partial charge in [0.15, 0.2) is 0 Å². The van der Waals surface area contributed by atoms with Gasteiger partial charge in [-0.1, -0.05) is 18.4 Å². The number of carbonyl (C=O) groups is 2. The molecule has 1 aliphatic rings. The number of thiazole rings is 1. The summed E-state index contributed by atoms with van der Waals surface area (Å²) in [4.78, 5) is 41.6. The number of rotatable bonds is 10. The van der Waals surface area contributed by atoms with Crippen molar-refractivity contribution in [3.63, 3.8) is 0 Å². The van der Waals surface area contributed by atoms with Crippen LogP contribution < -0.4 is 10.6 Å². The number of allylic oxidation sites excluding steroid dienone is 1. The van der Waals surface area contributed by atoms with Crippen LogP contribution in [0.4, 0.5) is 19.4 Å². The van der Waals surface area contributed by atoms with E-state index in [0.29, 0.717) is 56.9 Å². The van der Waals surface area contributed by atoms with Gasteiger partial charge >= 0.3 is 6.09 Å². The highest BCUT2D eigenvalue weighted by molar-refractivity contribution is 7.13. The summed E-state index contributed by atoms with van der Waals surface area (Å²) in [6.45, 7) is 17.3. The molecular weight excluding hydrogens is 616 g/mol. The third-order valence-corrected chi connectivity index (χ3v) is 7.74. The quantitative estimate of drug-likeness (QED) is 0.230. The van der Waals surface area contributed by atoms with Crippen LogP contribution in [-0.4, -0.2) is 87.5 Å². The van der Waals surface area contributed by atoms with Crippen LogP contribution in [0.1, 0.15) is 67.8 Å². The largest absolute Gasteiger partial charge is 0.506 e. The van der Waals surface area contributed by atoms with Crippen molar-refractivity contribution in [1.29, 1.82) is 0 Å². The summed E-state index contributed by atoms with van der Waals surface area (Å²) in [5.41, 5.74) is 0.371. The molecule has 3 rings (SSSR count). The van der Waals surface area contributed by atoms with Gasteiger partial charge in [0.2, 0.25) is 0 Å². The lowest BCUT2D eigenvalue weighted by Crippen LogP contribution is -2.50. The first kappa shape index (κ1) is 36.3. The Morgan fingerprint density at radius 3 is 2.54 bits per heavy atom. The van der Waals surface area contributed by atoms with Crippen LogP contribution in [0, 0.1) is 11.8 Å². The number of halogens is 2. The van der Waals surface area contributed by atoms with E-state index >= 15 is 0 Å². The lowest BCUT2D eigenvalue weighted by molar-refractivity contribution is 0.0144. The van der Waals surface area contributed by atoms with Crippen molar-refractivity contribution in [3.8, 4) is 17.6 Å². The number of pyridine rings is 1. The molecule has 0 spiro atoms. The topological polar surface area (TPSA) is 132 Å². The zero-order chi connectivity index (χ0) is 34.1. The van der Waals surface area contributed by atoms with Gasteiger partial charge in [0.25, 0.3) is 11.8 Å². The van der Waals surface area contributed by atoms with E-state index in [4.69, 9.17) is 4.74 Å². The van der Waals surface area contributed by atoms with E-state index in [1.807, 2.05) is 40.7 Å². The molecular formula is C32H41F2N7O4S. The number of aliphatic imine (C=N–C) groups is 1. The molecule has 1 unspecified atom stereocenters. The number of piperazine rings is 1. The number of hydrogen-bond donors (Lipinski definition) is 3. The Hall–Kier alpha value is -4.19. The monoisotopic (exact) mass is 657 g/mol. The summed E-state index contributed by atoms with van der Waals surface area (Å²) in [5, 5.41) is 16.1. The van der Waals surface area contributed by atoms with Gasteiger partial charge in [-0.3, -0.25) is 14.7 Å². The number of aromatic hydroxyl groups is 1. The summed E-state index contributed by atoms with van der Waals surface area (Å²) >= 11 is 1.15. The molecule has 0 saturated carbocycles. The maximum Gasteiger partial charge on any atom is 0.410 e. The third-order valence-electron chi connectivity index (χ3n) is 6.56. The highest BCUT2D eigenvalue weighted by Crippen LogP contribution is 2.34. The first-order valence-electron chi connectivity index (χ1n) is 14.7. The number of nitrogens with one attached hydrogen (secondary N) is 2. The average Bonchev–Trinajstić information content (AvgIpc) is 3.47. The average molecular weight is 658 g/mol. The Balaban J connectivity index is 1.51. The Bertz CT molecular complexity index is 1530. The van der Waals surface area contributed by atoms with Gasteiger partial charge in [-0.05, 0) is 46.8 Å². The maximum atomic E-state index is 13.7.